The van der Waals surface area contributed by atoms with Gasteiger partial charge >= 0.3 is 0 Å². The predicted octanol–water partition coefficient (Wildman–Crippen LogP) is 2.58. The van der Waals surface area contributed by atoms with E-state index in [0.717, 1.165) is 31.5 Å². The monoisotopic (exact) mass is 358 g/mol. The Morgan fingerprint density at radius 3 is 2.88 bits per heavy atom. The third-order valence-corrected chi connectivity index (χ3v) is 5.24. The SMILES string of the molecule is CC(=O)N[C@H]1CCCN(Cc2c(C)cnn2C)[C@H]1Cc1cccc(F)c1. The van der Waals surface area contributed by atoms with Gasteiger partial charge < -0.3 is 5.32 Å². The second kappa shape index (κ2) is 7.99. The second-order valence-corrected chi connectivity index (χ2v) is 7.22. The third-order valence-electron chi connectivity index (χ3n) is 5.24. The van der Waals surface area contributed by atoms with E-state index in [1.807, 2.05) is 24.0 Å². The van der Waals surface area contributed by atoms with E-state index in [1.54, 1.807) is 19.1 Å². The van der Waals surface area contributed by atoms with E-state index in [0.29, 0.717) is 6.42 Å². The Kier molecular flexibility index (Phi) is 5.71. The highest BCUT2D eigenvalue weighted by molar-refractivity contribution is 5.73. The third kappa shape index (κ3) is 4.30. The maximum atomic E-state index is 13.6. The Hall–Kier alpha value is -2.21. The lowest BCUT2D eigenvalue weighted by Crippen LogP contribution is -2.55. The molecule has 0 spiro atoms. The van der Waals surface area contributed by atoms with Crippen LogP contribution in [0.25, 0.3) is 0 Å². The van der Waals surface area contributed by atoms with E-state index in [4.69, 9.17) is 0 Å². The minimum Gasteiger partial charge on any atom is -0.352 e. The molecule has 0 bridgehead atoms. The molecule has 1 amide bonds. The van der Waals surface area contributed by atoms with Crippen molar-refractivity contribution >= 4 is 5.91 Å². The van der Waals surface area contributed by atoms with Crippen molar-refractivity contribution in [2.75, 3.05) is 6.54 Å². The topological polar surface area (TPSA) is 50.2 Å². The highest BCUT2D eigenvalue weighted by Gasteiger charge is 2.32. The Morgan fingerprint density at radius 1 is 1.42 bits per heavy atom. The molecule has 0 unspecified atom stereocenters. The summed E-state index contributed by atoms with van der Waals surface area (Å²) >= 11 is 0. The number of nitrogens with zero attached hydrogens (tertiary/aromatic N) is 3. The molecule has 1 aromatic heterocycles. The van der Waals surface area contributed by atoms with Crippen molar-refractivity contribution in [3.63, 3.8) is 0 Å². The summed E-state index contributed by atoms with van der Waals surface area (Å²) in [5.74, 6) is -0.235. The summed E-state index contributed by atoms with van der Waals surface area (Å²) in [6.07, 6.45) is 4.56. The summed E-state index contributed by atoms with van der Waals surface area (Å²) < 4.78 is 15.6. The van der Waals surface area contributed by atoms with Gasteiger partial charge in [-0.1, -0.05) is 12.1 Å². The lowest BCUT2D eigenvalue weighted by molar-refractivity contribution is -0.120. The Labute approximate surface area is 154 Å². The van der Waals surface area contributed by atoms with Crippen molar-refractivity contribution in [1.29, 1.82) is 0 Å². The van der Waals surface area contributed by atoms with E-state index in [1.165, 1.54) is 17.3 Å². The smallest absolute Gasteiger partial charge is 0.217 e. The largest absolute Gasteiger partial charge is 0.352 e. The number of piperidine rings is 1. The maximum absolute atomic E-state index is 13.6. The van der Waals surface area contributed by atoms with Crippen molar-refractivity contribution < 1.29 is 9.18 Å². The van der Waals surface area contributed by atoms with Gasteiger partial charge in [-0.2, -0.15) is 5.10 Å². The quantitative estimate of drug-likeness (QED) is 0.894. The Bertz CT molecular complexity index is 753. The minimum atomic E-state index is -0.219. The molecule has 140 valence electrons. The van der Waals surface area contributed by atoms with Crippen LogP contribution in [0.15, 0.2) is 30.5 Å². The molecule has 3 rings (SSSR count). The van der Waals surface area contributed by atoms with Crippen molar-refractivity contribution in [3.05, 3.63) is 53.1 Å². The van der Waals surface area contributed by atoms with Crippen LogP contribution in [-0.4, -0.2) is 39.2 Å². The number of rotatable bonds is 5. The number of halogens is 1. The summed E-state index contributed by atoms with van der Waals surface area (Å²) in [7, 11) is 1.96. The lowest BCUT2D eigenvalue weighted by atomic mass is 9.90. The average molecular weight is 358 g/mol. The first kappa shape index (κ1) is 18.6. The number of aryl methyl sites for hydroxylation is 2. The number of likely N-dealkylation sites (tertiary alicyclic amines) is 1. The molecule has 2 heterocycles. The summed E-state index contributed by atoms with van der Waals surface area (Å²) in [6, 6.07) is 6.95. The maximum Gasteiger partial charge on any atom is 0.217 e. The lowest BCUT2D eigenvalue weighted by Gasteiger charge is -2.42. The number of carbonyl (C=O) groups excluding carboxylic acids is 1. The van der Waals surface area contributed by atoms with Gasteiger partial charge in [0, 0.05) is 32.6 Å². The predicted molar refractivity (Wildman–Crippen MR) is 99.1 cm³/mol. The van der Waals surface area contributed by atoms with E-state index in [-0.39, 0.29) is 23.8 Å². The van der Waals surface area contributed by atoms with Gasteiger partial charge in [0.1, 0.15) is 5.82 Å². The van der Waals surface area contributed by atoms with Gasteiger partial charge in [0.15, 0.2) is 0 Å². The van der Waals surface area contributed by atoms with Gasteiger partial charge in [0.25, 0.3) is 0 Å². The number of carbonyl (C=O) groups is 1. The zero-order chi connectivity index (χ0) is 18.7. The number of amides is 1. The van der Waals surface area contributed by atoms with Crippen LogP contribution in [0.1, 0.15) is 36.6 Å². The molecule has 1 aliphatic rings. The summed E-state index contributed by atoms with van der Waals surface area (Å²) in [5.41, 5.74) is 3.30. The molecule has 2 aromatic rings. The molecule has 2 atom stereocenters. The van der Waals surface area contributed by atoms with Crippen molar-refractivity contribution in [2.45, 2.75) is 51.7 Å². The van der Waals surface area contributed by atoms with Gasteiger partial charge in [0.2, 0.25) is 5.91 Å². The molecule has 0 saturated carbocycles. The standard InChI is InChI=1S/C20H27FN4O/c1-14-12-22-24(3)20(14)13-25-9-5-8-18(23-15(2)26)19(25)11-16-6-4-7-17(21)10-16/h4,6-7,10,12,18-19H,5,8-9,11,13H2,1-3H3,(H,23,26)/t18-,19-/m0/s1. The van der Waals surface area contributed by atoms with Crippen LogP contribution in [0.5, 0.6) is 0 Å². The second-order valence-electron chi connectivity index (χ2n) is 7.22. The van der Waals surface area contributed by atoms with Crippen LogP contribution < -0.4 is 5.32 Å². The van der Waals surface area contributed by atoms with E-state index in [9.17, 15) is 9.18 Å². The fourth-order valence-electron chi connectivity index (χ4n) is 3.92. The molecular formula is C20H27FN4O. The fourth-order valence-corrected chi connectivity index (χ4v) is 3.92. The number of aromatic nitrogens is 2. The van der Waals surface area contributed by atoms with E-state index in [2.05, 4.69) is 22.2 Å². The molecule has 1 N–H and O–H groups in total. The van der Waals surface area contributed by atoms with E-state index < -0.39 is 0 Å². The van der Waals surface area contributed by atoms with Gasteiger partial charge in [-0.25, -0.2) is 4.39 Å². The summed E-state index contributed by atoms with van der Waals surface area (Å²) in [6.45, 7) is 5.36. The van der Waals surface area contributed by atoms with Gasteiger partial charge in [-0.15, -0.1) is 0 Å². The van der Waals surface area contributed by atoms with Crippen molar-refractivity contribution in [3.8, 4) is 0 Å². The van der Waals surface area contributed by atoms with Crippen LogP contribution in [0.2, 0.25) is 0 Å². The first-order chi connectivity index (χ1) is 12.4. The van der Waals surface area contributed by atoms with Crippen molar-refractivity contribution in [1.82, 2.24) is 20.0 Å². The normalized spacial score (nSPS) is 20.9. The zero-order valence-corrected chi connectivity index (χ0v) is 15.7. The Morgan fingerprint density at radius 2 is 2.23 bits per heavy atom. The highest BCUT2D eigenvalue weighted by atomic mass is 19.1. The summed E-state index contributed by atoms with van der Waals surface area (Å²) in [4.78, 5) is 14.1. The molecule has 1 aromatic carbocycles. The van der Waals surface area contributed by atoms with Crippen molar-refractivity contribution in [2.24, 2.45) is 7.05 Å². The van der Waals surface area contributed by atoms with Crippen LogP contribution >= 0.6 is 0 Å². The van der Waals surface area contributed by atoms with Gasteiger partial charge in [-0.3, -0.25) is 14.4 Å². The average Bonchev–Trinajstić information content (AvgIpc) is 2.89. The minimum absolute atomic E-state index is 0.0159. The molecular weight excluding hydrogens is 331 g/mol. The molecule has 1 aliphatic heterocycles. The molecule has 26 heavy (non-hydrogen) atoms. The van der Waals surface area contributed by atoms with Crippen LogP contribution in [0, 0.1) is 12.7 Å². The van der Waals surface area contributed by atoms with Crippen LogP contribution in [0.4, 0.5) is 4.39 Å². The molecule has 0 aliphatic carbocycles. The molecule has 1 saturated heterocycles. The Balaban J connectivity index is 1.85. The number of benzene rings is 1. The molecule has 6 heteroatoms. The fraction of sp³-hybridized carbons (Fsp3) is 0.500. The molecule has 1 fully saturated rings. The highest BCUT2D eigenvalue weighted by Crippen LogP contribution is 2.24. The van der Waals surface area contributed by atoms with E-state index >= 15 is 0 Å². The number of hydrogen-bond acceptors (Lipinski definition) is 3. The number of hydrogen-bond donors (Lipinski definition) is 1. The van der Waals surface area contributed by atoms with Gasteiger partial charge in [0.05, 0.1) is 11.9 Å². The molecule has 0 radical (unpaired) electrons. The first-order valence-electron chi connectivity index (χ1n) is 9.17. The van der Waals surface area contributed by atoms with Crippen LogP contribution in [-0.2, 0) is 24.8 Å². The summed E-state index contributed by atoms with van der Waals surface area (Å²) in [5, 5.41) is 7.45. The van der Waals surface area contributed by atoms with Gasteiger partial charge in [-0.05, 0) is 56.0 Å². The zero-order valence-electron chi connectivity index (χ0n) is 15.7. The number of nitrogens with one attached hydrogen (secondary N) is 1. The first-order valence-corrected chi connectivity index (χ1v) is 9.17. The van der Waals surface area contributed by atoms with Crippen LogP contribution in [0.3, 0.4) is 0 Å². The molecule has 5 nitrogen and oxygen atoms in total.